The molecule has 2 aliphatic carbocycles. The van der Waals surface area contributed by atoms with E-state index < -0.39 is 17.6 Å². The van der Waals surface area contributed by atoms with Crippen molar-refractivity contribution in [2.24, 2.45) is 11.8 Å². The van der Waals surface area contributed by atoms with E-state index in [0.717, 1.165) is 67.8 Å². The van der Waals surface area contributed by atoms with E-state index in [1.807, 2.05) is 22.8 Å². The Bertz CT molecular complexity index is 1770. The fourth-order valence-corrected chi connectivity index (χ4v) is 8.31. The summed E-state index contributed by atoms with van der Waals surface area (Å²) in [6.07, 6.45) is 9.55. The van der Waals surface area contributed by atoms with Crippen molar-refractivity contribution >= 4 is 45.5 Å². The van der Waals surface area contributed by atoms with E-state index in [1.54, 1.807) is 17.9 Å². The monoisotopic (exact) mass is 642 g/mol. The van der Waals surface area contributed by atoms with Gasteiger partial charge in [0.2, 0.25) is 0 Å². The number of imidazole rings is 1. The Morgan fingerprint density at radius 1 is 1.17 bits per heavy atom. The second-order valence-corrected chi connectivity index (χ2v) is 13.8. The zero-order chi connectivity index (χ0) is 31.6. The van der Waals surface area contributed by atoms with Crippen LogP contribution < -0.4 is 10.2 Å². The molecule has 3 aromatic rings. The number of aryl methyl sites for hydroxylation is 1. The Labute approximate surface area is 269 Å². The maximum absolute atomic E-state index is 16.6. The summed E-state index contributed by atoms with van der Waals surface area (Å²) >= 11 is 1.30. The number of carbonyl (C=O) groups is 3. The van der Waals surface area contributed by atoms with Crippen LogP contribution in [0, 0.1) is 11.8 Å². The van der Waals surface area contributed by atoms with Gasteiger partial charge < -0.3 is 19.1 Å². The molecule has 1 N–H and O–H groups in total. The van der Waals surface area contributed by atoms with Crippen LogP contribution in [0.15, 0.2) is 59.4 Å². The molecule has 3 atom stereocenters. The molecule has 2 amide bonds. The number of hydrogen-bond acceptors (Lipinski definition) is 8. The molecule has 5 aliphatic rings. The molecule has 1 aromatic carbocycles. The number of hydrogen-bond donors (Lipinski definition) is 1. The number of ether oxygens (including phenoxy) is 1. The van der Waals surface area contributed by atoms with Gasteiger partial charge >= 0.3 is 5.97 Å². The number of nitrogens with zero attached hydrogens (tertiary/aromatic N) is 5. The van der Waals surface area contributed by atoms with Gasteiger partial charge in [0.15, 0.2) is 11.2 Å². The van der Waals surface area contributed by atoms with Gasteiger partial charge in [0.1, 0.15) is 5.67 Å². The third-order valence-corrected chi connectivity index (χ3v) is 11.0. The number of fused-ring (bicyclic) bond motifs is 3. The molecule has 238 valence electrons. The zero-order valence-corrected chi connectivity index (χ0v) is 26.4. The summed E-state index contributed by atoms with van der Waals surface area (Å²) in [5.74, 6) is -0.888. The number of alkyl halides is 1. The van der Waals surface area contributed by atoms with Crippen molar-refractivity contribution in [2.45, 2.75) is 56.8 Å². The number of halogens is 1. The first kappa shape index (κ1) is 29.1. The predicted octanol–water partition coefficient (Wildman–Crippen LogP) is 4.71. The lowest BCUT2D eigenvalue weighted by Gasteiger charge is -2.33. The van der Waals surface area contributed by atoms with Gasteiger partial charge in [0, 0.05) is 67.0 Å². The number of piperidine rings is 1. The van der Waals surface area contributed by atoms with E-state index in [2.05, 4.69) is 32.3 Å². The Kier molecular flexibility index (Phi) is 7.08. The van der Waals surface area contributed by atoms with Crippen LogP contribution in [-0.4, -0.2) is 69.6 Å². The van der Waals surface area contributed by atoms with Crippen molar-refractivity contribution in [3.63, 3.8) is 0 Å². The maximum atomic E-state index is 16.6. The smallest absolute Gasteiger partial charge is 0.305 e. The summed E-state index contributed by atoms with van der Waals surface area (Å²) in [7, 11) is 1.43. The molecule has 10 nitrogen and oxygen atoms in total. The number of benzene rings is 1. The topological polar surface area (TPSA) is 110 Å². The molecule has 12 heteroatoms. The molecule has 0 radical (unpaired) electrons. The molecule has 5 heterocycles. The minimum absolute atomic E-state index is 0.0536. The highest BCUT2D eigenvalue weighted by atomic mass is 32.1. The number of carbonyl (C=O) groups excluding carboxylic acids is 3. The first-order valence-electron chi connectivity index (χ1n) is 16.0. The minimum Gasteiger partial charge on any atom is -0.469 e. The number of anilines is 2. The number of nitrogens with one attached hydrogen (secondary N) is 1. The van der Waals surface area contributed by atoms with Gasteiger partial charge in [-0.2, -0.15) is 0 Å². The van der Waals surface area contributed by atoms with E-state index in [1.165, 1.54) is 23.3 Å². The van der Waals surface area contributed by atoms with Crippen LogP contribution >= 0.6 is 11.3 Å². The maximum Gasteiger partial charge on any atom is 0.305 e. The molecule has 1 saturated carbocycles. The molecule has 3 aliphatic heterocycles. The number of methoxy groups -OCH3 is 1. The van der Waals surface area contributed by atoms with Gasteiger partial charge in [0.05, 0.1) is 19.1 Å². The summed E-state index contributed by atoms with van der Waals surface area (Å²) in [5, 5.41) is 5.08. The minimum atomic E-state index is -1.60. The highest BCUT2D eigenvalue weighted by Gasteiger charge is 2.64. The molecule has 0 bridgehead atoms. The lowest BCUT2D eigenvalue weighted by Crippen LogP contribution is -2.40. The van der Waals surface area contributed by atoms with Crippen molar-refractivity contribution in [3.8, 4) is 0 Å². The lowest BCUT2D eigenvalue weighted by molar-refractivity contribution is -0.141. The van der Waals surface area contributed by atoms with Crippen LogP contribution in [-0.2, 0) is 32.1 Å². The predicted molar refractivity (Wildman–Crippen MR) is 171 cm³/mol. The summed E-state index contributed by atoms with van der Waals surface area (Å²) in [4.78, 5) is 52.2. The average Bonchev–Trinajstić information content (AvgIpc) is 3.59. The average molecular weight is 643 g/mol. The van der Waals surface area contributed by atoms with Crippen LogP contribution in [0.1, 0.15) is 55.1 Å². The normalized spacial score (nSPS) is 24.3. The Morgan fingerprint density at radius 2 is 1.98 bits per heavy atom. The van der Waals surface area contributed by atoms with Crippen LogP contribution in [0.2, 0.25) is 0 Å². The summed E-state index contributed by atoms with van der Waals surface area (Å²) < 4.78 is 23.5. The first-order chi connectivity index (χ1) is 22.3. The second-order valence-electron chi connectivity index (χ2n) is 12.9. The van der Waals surface area contributed by atoms with Crippen molar-refractivity contribution in [1.29, 1.82) is 0 Å². The Morgan fingerprint density at radius 3 is 2.72 bits per heavy atom. The molecular weight excluding hydrogens is 607 g/mol. The third kappa shape index (κ3) is 4.85. The van der Waals surface area contributed by atoms with Gasteiger partial charge in [-0.05, 0) is 72.9 Å². The summed E-state index contributed by atoms with van der Waals surface area (Å²) in [6.45, 7) is 2.59. The highest BCUT2D eigenvalue weighted by Crippen LogP contribution is 2.63. The van der Waals surface area contributed by atoms with Crippen LogP contribution in [0.4, 0.5) is 15.2 Å². The van der Waals surface area contributed by atoms with Gasteiger partial charge in [0.25, 0.3) is 11.8 Å². The van der Waals surface area contributed by atoms with E-state index in [0.29, 0.717) is 40.7 Å². The van der Waals surface area contributed by atoms with Gasteiger partial charge in [-0.15, -0.1) is 11.3 Å². The van der Waals surface area contributed by atoms with Crippen molar-refractivity contribution < 1.29 is 23.5 Å². The van der Waals surface area contributed by atoms with Crippen LogP contribution in [0.5, 0.6) is 0 Å². The first-order valence-corrected chi connectivity index (χ1v) is 16.8. The van der Waals surface area contributed by atoms with Crippen molar-refractivity contribution in [1.82, 2.24) is 19.4 Å². The molecule has 1 saturated heterocycles. The lowest BCUT2D eigenvalue weighted by atomic mass is 9.88. The van der Waals surface area contributed by atoms with Crippen LogP contribution in [0.25, 0.3) is 5.57 Å². The molecule has 2 aromatic heterocycles. The fraction of sp³-hybridized carbons (Fsp3) is 0.441. The third-order valence-electron chi connectivity index (χ3n) is 10.4. The zero-order valence-electron chi connectivity index (χ0n) is 25.6. The molecule has 0 spiro atoms. The van der Waals surface area contributed by atoms with E-state index in [-0.39, 0.29) is 24.3 Å². The van der Waals surface area contributed by atoms with Crippen molar-refractivity contribution in [3.05, 3.63) is 76.3 Å². The van der Waals surface area contributed by atoms with Gasteiger partial charge in [-0.3, -0.25) is 19.7 Å². The second kappa shape index (κ2) is 11.2. The van der Waals surface area contributed by atoms with Gasteiger partial charge in [-0.1, -0.05) is 12.1 Å². The molecule has 46 heavy (non-hydrogen) atoms. The van der Waals surface area contributed by atoms with E-state index in [4.69, 9.17) is 4.74 Å². The van der Waals surface area contributed by atoms with E-state index >= 15 is 4.39 Å². The quantitative estimate of drug-likeness (QED) is 0.355. The number of rotatable bonds is 8. The highest BCUT2D eigenvalue weighted by molar-refractivity contribution is 7.13. The Balaban J connectivity index is 1.04. The van der Waals surface area contributed by atoms with Crippen LogP contribution in [0.3, 0.4) is 0 Å². The standard InChI is InChI=1S/C34H35FN6O4S/c1-45-28(42)15-20-8-12-39(13-9-20)22-6-4-21(5-7-22)23-16-24-26(34(35)17-25(23)34)18-41(32(24)44)30(31(43)38-33-36-10-14-46-33)29-27-3-2-11-40(27)19-37-29/h4-7,10,14,16,19-20,25,30H,2-3,8-9,11-13,15,17-18H2,1H3,(H,36,38,43). The number of thiazole rings is 1. The summed E-state index contributed by atoms with van der Waals surface area (Å²) in [6, 6.07) is 7.16. The number of aromatic nitrogens is 3. The molecule has 2 fully saturated rings. The SMILES string of the molecule is COC(=O)CC1CCN(c2ccc(C3=CC4=C(CN(C(C(=O)Nc5nccs5)c5ncn6c5CCC6)C4=O)C4(F)CC34)cc2)CC1. The summed E-state index contributed by atoms with van der Waals surface area (Å²) in [5.41, 5.74) is 3.53. The largest absolute Gasteiger partial charge is 0.469 e. The van der Waals surface area contributed by atoms with Gasteiger partial charge in [-0.25, -0.2) is 14.4 Å². The van der Waals surface area contributed by atoms with E-state index in [9.17, 15) is 14.4 Å². The molecule has 3 unspecified atom stereocenters. The molecular formula is C34H35FN6O4S. The fourth-order valence-electron chi connectivity index (χ4n) is 7.78. The molecule has 8 rings (SSSR count). The number of esters is 1. The number of amides is 2. The Hall–Kier alpha value is -4.32. The van der Waals surface area contributed by atoms with Crippen molar-refractivity contribution in [2.75, 3.05) is 37.0 Å². The number of allylic oxidation sites excluding steroid dienone is 1.